The third kappa shape index (κ3) is 3.52. The SMILES string of the molecule is O=C(Nc1ccc(F)cc1)C1(C(=O)Nc2ccc(I)cc2)CC1. The van der Waals surface area contributed by atoms with Crippen LogP contribution in [0.15, 0.2) is 48.5 Å². The van der Waals surface area contributed by atoms with Crippen LogP contribution in [0.3, 0.4) is 0 Å². The summed E-state index contributed by atoms with van der Waals surface area (Å²) in [6.45, 7) is 0. The van der Waals surface area contributed by atoms with Gasteiger partial charge >= 0.3 is 0 Å². The highest BCUT2D eigenvalue weighted by Gasteiger charge is 2.56. The van der Waals surface area contributed by atoms with E-state index in [1.54, 1.807) is 12.1 Å². The quantitative estimate of drug-likeness (QED) is 0.580. The zero-order valence-corrected chi connectivity index (χ0v) is 14.3. The molecule has 1 fully saturated rings. The highest BCUT2D eigenvalue weighted by molar-refractivity contribution is 14.1. The minimum Gasteiger partial charge on any atom is -0.325 e. The molecule has 2 N–H and O–H groups in total. The average molecular weight is 424 g/mol. The van der Waals surface area contributed by atoms with Crippen LogP contribution in [0.2, 0.25) is 0 Å². The van der Waals surface area contributed by atoms with Crippen molar-refractivity contribution in [2.75, 3.05) is 10.6 Å². The summed E-state index contributed by atoms with van der Waals surface area (Å²) >= 11 is 2.18. The summed E-state index contributed by atoms with van der Waals surface area (Å²) in [4.78, 5) is 24.8. The number of hydrogen-bond donors (Lipinski definition) is 2. The Labute approximate surface area is 146 Å². The molecule has 0 radical (unpaired) electrons. The molecule has 0 bridgehead atoms. The predicted octanol–water partition coefficient (Wildman–Crippen LogP) is 3.79. The number of amides is 2. The lowest BCUT2D eigenvalue weighted by Gasteiger charge is -2.15. The number of halogens is 2. The molecule has 1 saturated carbocycles. The van der Waals surface area contributed by atoms with Crippen LogP contribution in [0.1, 0.15) is 12.8 Å². The first-order valence-corrected chi connectivity index (χ1v) is 8.21. The fourth-order valence-electron chi connectivity index (χ4n) is 2.25. The molecule has 0 spiro atoms. The predicted molar refractivity (Wildman–Crippen MR) is 94.5 cm³/mol. The van der Waals surface area contributed by atoms with Crippen LogP contribution in [-0.2, 0) is 9.59 Å². The van der Waals surface area contributed by atoms with Gasteiger partial charge in [-0.1, -0.05) is 0 Å². The van der Waals surface area contributed by atoms with Crippen molar-refractivity contribution in [3.63, 3.8) is 0 Å². The molecule has 0 atom stereocenters. The highest BCUT2D eigenvalue weighted by atomic mass is 127. The van der Waals surface area contributed by atoms with Gasteiger partial charge in [-0.15, -0.1) is 0 Å². The Morgan fingerprint density at radius 1 is 0.870 bits per heavy atom. The number of carbonyl (C=O) groups is 2. The molecule has 0 heterocycles. The number of carbonyl (C=O) groups excluding carboxylic acids is 2. The normalized spacial score (nSPS) is 14.9. The van der Waals surface area contributed by atoms with Crippen molar-refractivity contribution in [3.05, 3.63) is 57.9 Å². The van der Waals surface area contributed by atoms with Gasteiger partial charge in [0.1, 0.15) is 11.2 Å². The van der Waals surface area contributed by atoms with E-state index >= 15 is 0 Å². The van der Waals surface area contributed by atoms with Crippen molar-refractivity contribution in [1.82, 2.24) is 0 Å². The zero-order valence-electron chi connectivity index (χ0n) is 12.1. The molecule has 0 aromatic heterocycles. The lowest BCUT2D eigenvalue weighted by atomic mass is 10.0. The van der Waals surface area contributed by atoms with Crippen molar-refractivity contribution in [1.29, 1.82) is 0 Å². The first-order valence-electron chi connectivity index (χ1n) is 7.14. The molecule has 4 nitrogen and oxygen atoms in total. The Hall–Kier alpha value is -1.96. The molecule has 2 aromatic rings. The molecule has 2 amide bonds. The summed E-state index contributed by atoms with van der Waals surface area (Å²) in [5.41, 5.74) is 0.109. The number of anilines is 2. The van der Waals surface area contributed by atoms with Crippen LogP contribution in [0, 0.1) is 14.8 Å². The maximum Gasteiger partial charge on any atom is 0.240 e. The second-order valence-corrected chi connectivity index (χ2v) is 6.75. The maximum atomic E-state index is 12.9. The summed E-state index contributed by atoms with van der Waals surface area (Å²) in [6.07, 6.45) is 1.02. The second-order valence-electron chi connectivity index (χ2n) is 5.50. The molecule has 3 rings (SSSR count). The van der Waals surface area contributed by atoms with Crippen molar-refractivity contribution in [3.8, 4) is 0 Å². The first-order chi connectivity index (χ1) is 11.0. The van der Waals surface area contributed by atoms with Crippen LogP contribution in [0.5, 0.6) is 0 Å². The van der Waals surface area contributed by atoms with Crippen LogP contribution >= 0.6 is 22.6 Å². The number of nitrogens with one attached hydrogen (secondary N) is 2. The summed E-state index contributed by atoms with van der Waals surface area (Å²) in [7, 11) is 0. The molecule has 1 aliphatic carbocycles. The van der Waals surface area contributed by atoms with E-state index in [1.165, 1.54) is 24.3 Å². The fraction of sp³-hybridized carbons (Fsp3) is 0.176. The second kappa shape index (κ2) is 6.27. The molecule has 6 heteroatoms. The van der Waals surface area contributed by atoms with Crippen molar-refractivity contribution in [2.45, 2.75) is 12.8 Å². The van der Waals surface area contributed by atoms with Crippen molar-refractivity contribution >= 4 is 45.8 Å². The van der Waals surface area contributed by atoms with Gasteiger partial charge in [-0.3, -0.25) is 9.59 Å². The molecule has 2 aromatic carbocycles. The Morgan fingerprint density at radius 2 is 1.30 bits per heavy atom. The van der Waals surface area contributed by atoms with Crippen LogP contribution in [0.4, 0.5) is 15.8 Å². The van der Waals surface area contributed by atoms with Gasteiger partial charge in [0.25, 0.3) is 0 Å². The van der Waals surface area contributed by atoms with Crippen molar-refractivity contribution < 1.29 is 14.0 Å². The minimum absolute atomic E-state index is 0.307. The van der Waals surface area contributed by atoms with E-state index in [4.69, 9.17) is 0 Å². The van der Waals surface area contributed by atoms with E-state index in [-0.39, 0.29) is 17.6 Å². The lowest BCUT2D eigenvalue weighted by molar-refractivity contribution is -0.131. The summed E-state index contributed by atoms with van der Waals surface area (Å²) in [5, 5.41) is 5.46. The Balaban J connectivity index is 1.68. The molecule has 23 heavy (non-hydrogen) atoms. The summed E-state index contributed by atoms with van der Waals surface area (Å²) in [5.74, 6) is -1.04. The average Bonchev–Trinajstić information content (AvgIpc) is 3.34. The monoisotopic (exact) mass is 424 g/mol. The third-order valence-corrected chi connectivity index (χ3v) is 4.54. The maximum absolute atomic E-state index is 12.9. The Kier molecular flexibility index (Phi) is 4.34. The Bertz CT molecular complexity index is 679. The zero-order chi connectivity index (χ0) is 16.4. The molecular weight excluding hydrogens is 410 g/mol. The number of hydrogen-bond acceptors (Lipinski definition) is 2. The van der Waals surface area contributed by atoms with Gasteiger partial charge in [0.2, 0.25) is 11.8 Å². The molecule has 0 saturated heterocycles. The molecular formula is C17H14FIN2O2. The van der Waals surface area contributed by atoms with E-state index in [0.29, 0.717) is 24.2 Å². The molecule has 0 aliphatic heterocycles. The van der Waals surface area contributed by atoms with E-state index in [0.717, 1.165) is 3.57 Å². The van der Waals surface area contributed by atoms with Crippen molar-refractivity contribution in [2.24, 2.45) is 5.41 Å². The fourth-order valence-corrected chi connectivity index (χ4v) is 2.61. The summed E-state index contributed by atoms with van der Waals surface area (Å²) < 4.78 is 14.0. The largest absolute Gasteiger partial charge is 0.325 e. The highest BCUT2D eigenvalue weighted by Crippen LogP contribution is 2.47. The molecule has 1 aliphatic rings. The van der Waals surface area contributed by atoms with Gasteiger partial charge in [0, 0.05) is 14.9 Å². The van der Waals surface area contributed by atoms with E-state index < -0.39 is 5.41 Å². The van der Waals surface area contributed by atoms with Crippen LogP contribution < -0.4 is 10.6 Å². The topological polar surface area (TPSA) is 58.2 Å². The smallest absolute Gasteiger partial charge is 0.240 e. The van der Waals surface area contributed by atoms with E-state index in [9.17, 15) is 14.0 Å². The van der Waals surface area contributed by atoms with Gasteiger partial charge in [-0.25, -0.2) is 4.39 Å². The van der Waals surface area contributed by atoms with Gasteiger partial charge in [0.15, 0.2) is 0 Å². The van der Waals surface area contributed by atoms with Crippen LogP contribution in [-0.4, -0.2) is 11.8 Å². The third-order valence-electron chi connectivity index (χ3n) is 3.82. The Morgan fingerprint density at radius 3 is 1.74 bits per heavy atom. The summed E-state index contributed by atoms with van der Waals surface area (Å²) in [6, 6.07) is 12.8. The molecule has 0 unspecified atom stereocenters. The standard InChI is InChI=1S/C17H14FIN2O2/c18-11-1-5-13(6-2-11)20-15(22)17(9-10-17)16(23)21-14-7-3-12(19)4-8-14/h1-8H,9-10H2,(H,20,22)(H,21,23). The van der Waals surface area contributed by atoms with Gasteiger partial charge in [0.05, 0.1) is 0 Å². The van der Waals surface area contributed by atoms with E-state index in [1.807, 2.05) is 12.1 Å². The minimum atomic E-state index is -1.03. The molecule has 118 valence electrons. The van der Waals surface area contributed by atoms with Crippen LogP contribution in [0.25, 0.3) is 0 Å². The van der Waals surface area contributed by atoms with E-state index in [2.05, 4.69) is 33.2 Å². The van der Waals surface area contributed by atoms with Gasteiger partial charge in [-0.2, -0.15) is 0 Å². The number of benzene rings is 2. The first kappa shape index (κ1) is 15.9. The van der Waals surface area contributed by atoms with Gasteiger partial charge in [-0.05, 0) is 84.0 Å². The van der Waals surface area contributed by atoms with Gasteiger partial charge < -0.3 is 10.6 Å². The lowest BCUT2D eigenvalue weighted by Crippen LogP contribution is -2.35. The number of rotatable bonds is 4.